The molecule has 2 unspecified atom stereocenters. The molecular weight excluding hydrogens is 661 g/mol. The second-order valence-electron chi connectivity index (χ2n) is 12.2. The molecule has 3 heterocycles. The maximum atomic E-state index is 13.3. The average Bonchev–Trinajstić information content (AvgIpc) is 3.37. The monoisotopic (exact) mass is 697 g/mol. The molecule has 1 amide bonds. The number of hydrogen-bond donors (Lipinski definition) is 5. The van der Waals surface area contributed by atoms with E-state index in [9.17, 15) is 19.4 Å². The van der Waals surface area contributed by atoms with Gasteiger partial charge in [0.15, 0.2) is 31.5 Å². The number of H-pyrrole nitrogens is 1. The number of phosphoric acid groups is 1. The van der Waals surface area contributed by atoms with E-state index in [2.05, 4.69) is 25.1 Å². The van der Waals surface area contributed by atoms with E-state index in [1.165, 1.54) is 7.11 Å². The largest absolute Gasteiger partial charge is 0.756 e. The highest BCUT2D eigenvalue weighted by molar-refractivity contribution is 7.44. The summed E-state index contributed by atoms with van der Waals surface area (Å²) in [7, 11) is -3.55. The first-order valence-electron chi connectivity index (χ1n) is 14.9. The summed E-state index contributed by atoms with van der Waals surface area (Å²) in [6, 6.07) is 12.2. The Morgan fingerprint density at radius 2 is 1.98 bits per heavy atom. The molecule has 48 heavy (non-hydrogen) atoms. The highest BCUT2D eigenvalue weighted by Crippen LogP contribution is 2.42. The SMILES string of the molecule is COc1c(Cl)cc2c([nH]c3c[n+](Cc4ccc(C(O)CNC(C)(C)C)cc4OCOP(=O)([O-])O)ccc32)c1NC(=O)c1cccnc1C. The van der Waals surface area contributed by atoms with Crippen LogP contribution in [0.1, 0.15) is 54.1 Å². The van der Waals surface area contributed by atoms with E-state index in [1.54, 1.807) is 49.5 Å². The number of rotatable bonds is 12. The Morgan fingerprint density at radius 3 is 2.67 bits per heavy atom. The fraction of sp³-hybridized carbons (Fsp3) is 0.303. The van der Waals surface area contributed by atoms with Crippen LogP contribution >= 0.6 is 19.4 Å². The number of aromatic amines is 1. The van der Waals surface area contributed by atoms with Crippen LogP contribution in [-0.4, -0.2) is 51.9 Å². The lowest BCUT2D eigenvalue weighted by Crippen LogP contribution is -2.38. The molecule has 0 bridgehead atoms. The Bertz CT molecular complexity index is 2020. The Kier molecular flexibility index (Phi) is 10.4. The van der Waals surface area contributed by atoms with E-state index in [-0.39, 0.29) is 30.3 Å². The van der Waals surface area contributed by atoms with Crippen LogP contribution in [0.3, 0.4) is 0 Å². The van der Waals surface area contributed by atoms with Crippen molar-refractivity contribution in [3.05, 3.63) is 88.5 Å². The molecule has 0 aliphatic carbocycles. The van der Waals surface area contributed by atoms with Crippen LogP contribution in [-0.2, 0) is 15.6 Å². The average molecular weight is 698 g/mol. The van der Waals surface area contributed by atoms with Crippen LogP contribution in [0.5, 0.6) is 11.5 Å². The molecule has 2 atom stereocenters. The molecule has 0 spiro atoms. The van der Waals surface area contributed by atoms with Gasteiger partial charge in [0.25, 0.3) is 13.7 Å². The molecule has 2 aromatic carbocycles. The molecule has 5 N–H and O–H groups in total. The third-order valence-corrected chi connectivity index (χ3v) is 8.29. The van der Waals surface area contributed by atoms with Gasteiger partial charge in [0.05, 0.1) is 34.9 Å². The molecule has 13 nitrogen and oxygen atoms in total. The molecule has 3 aromatic heterocycles. The molecule has 0 aliphatic heterocycles. The second kappa shape index (κ2) is 14.2. The summed E-state index contributed by atoms with van der Waals surface area (Å²) in [4.78, 5) is 41.1. The van der Waals surface area contributed by atoms with E-state index < -0.39 is 20.7 Å². The number of carbonyl (C=O) groups excluding carboxylic acids is 1. The standard InChI is InChI=1S/C33H37ClN5O8P/c1-19-22(7-6-11-35-19)32(41)38-30-29-24(14-25(34)31(30)45-5)23-10-12-39(17-26(23)37-29)16-21-9-8-20(27(40)15-36-33(2,3)4)13-28(21)46-18-47-48(42,43)44/h6-14,17,27,36,40H,15-16,18H2,1-5H3,(H3,38,41,42,43,44). The number of anilines is 1. The van der Waals surface area contributed by atoms with Crippen LogP contribution < -0.4 is 29.6 Å². The molecular formula is C33H37ClN5O8P. The van der Waals surface area contributed by atoms with Gasteiger partial charge >= 0.3 is 0 Å². The number of amides is 1. The number of carbonyl (C=O) groups is 1. The molecule has 5 aromatic rings. The topological polar surface area (TPSA) is 182 Å². The van der Waals surface area contributed by atoms with Crippen molar-refractivity contribution < 1.29 is 42.8 Å². The molecule has 0 radical (unpaired) electrons. The third kappa shape index (κ3) is 8.31. The first-order valence-corrected chi connectivity index (χ1v) is 16.8. The summed E-state index contributed by atoms with van der Waals surface area (Å²) in [6.45, 7) is 7.49. The first kappa shape index (κ1) is 35.2. The normalized spacial score (nSPS) is 13.8. The van der Waals surface area contributed by atoms with E-state index in [4.69, 9.17) is 26.0 Å². The molecule has 5 rings (SSSR count). The van der Waals surface area contributed by atoms with Gasteiger partial charge in [-0.3, -0.25) is 18.9 Å². The highest BCUT2D eigenvalue weighted by Gasteiger charge is 2.23. The van der Waals surface area contributed by atoms with Crippen molar-refractivity contribution in [1.29, 1.82) is 0 Å². The van der Waals surface area contributed by atoms with Crippen LogP contribution in [0.25, 0.3) is 21.8 Å². The summed E-state index contributed by atoms with van der Waals surface area (Å²) in [5, 5.41) is 18.9. The second-order valence-corrected chi connectivity index (χ2v) is 13.8. The minimum atomic E-state index is -5.02. The van der Waals surface area contributed by atoms with E-state index in [1.807, 2.05) is 43.8 Å². The lowest BCUT2D eigenvalue weighted by Gasteiger charge is -2.23. The number of ether oxygens (including phenoxy) is 2. The number of nitrogens with one attached hydrogen (secondary N) is 3. The first-order chi connectivity index (χ1) is 22.6. The molecule has 0 aliphatic rings. The van der Waals surface area contributed by atoms with E-state index in [0.717, 1.165) is 16.3 Å². The number of aliphatic hydroxyl groups is 1. The number of aromatic nitrogens is 3. The van der Waals surface area contributed by atoms with Crippen molar-refractivity contribution in [2.24, 2.45) is 0 Å². The summed E-state index contributed by atoms with van der Waals surface area (Å²) < 4.78 is 28.7. The quantitative estimate of drug-likeness (QED) is 0.0707. The van der Waals surface area contributed by atoms with Gasteiger partial charge in [-0.05, 0) is 63.6 Å². The van der Waals surface area contributed by atoms with Gasteiger partial charge in [-0.15, -0.1) is 0 Å². The van der Waals surface area contributed by atoms with Gasteiger partial charge in [0.1, 0.15) is 17.0 Å². The van der Waals surface area contributed by atoms with Crippen LogP contribution in [0.2, 0.25) is 5.02 Å². The Hall–Kier alpha value is -4.07. The number of phosphoric ester groups is 1. The summed E-state index contributed by atoms with van der Waals surface area (Å²) >= 11 is 6.62. The third-order valence-electron chi connectivity index (χ3n) is 7.58. The predicted octanol–water partition coefficient (Wildman–Crippen LogP) is 4.51. The highest BCUT2D eigenvalue weighted by atomic mass is 35.5. The van der Waals surface area contributed by atoms with Crippen molar-refractivity contribution in [3.63, 3.8) is 0 Å². The smallest absolute Gasteiger partial charge is 0.268 e. The number of benzene rings is 2. The Labute approximate surface area is 282 Å². The fourth-order valence-electron chi connectivity index (χ4n) is 5.22. The number of fused-ring (bicyclic) bond motifs is 3. The van der Waals surface area contributed by atoms with Gasteiger partial charge in [-0.1, -0.05) is 17.7 Å². The number of aryl methyl sites for hydroxylation is 1. The van der Waals surface area contributed by atoms with Crippen molar-refractivity contribution >= 4 is 52.8 Å². The van der Waals surface area contributed by atoms with Gasteiger partial charge in [-0.25, -0.2) is 0 Å². The number of nitrogens with zero attached hydrogens (tertiary/aromatic N) is 2. The van der Waals surface area contributed by atoms with Crippen molar-refractivity contribution in [3.8, 4) is 11.5 Å². The van der Waals surface area contributed by atoms with Crippen molar-refractivity contribution in [2.75, 3.05) is 25.8 Å². The van der Waals surface area contributed by atoms with Gasteiger partial charge in [0, 0.05) is 40.8 Å². The summed E-state index contributed by atoms with van der Waals surface area (Å²) in [6.07, 6.45) is 4.45. The predicted molar refractivity (Wildman–Crippen MR) is 179 cm³/mol. The van der Waals surface area contributed by atoms with Gasteiger partial charge in [0.2, 0.25) is 0 Å². The molecule has 0 fully saturated rings. The molecule has 0 saturated carbocycles. The number of hydrogen-bond acceptors (Lipinski definition) is 9. The van der Waals surface area contributed by atoms with Gasteiger partial charge in [-0.2, -0.15) is 4.57 Å². The minimum absolute atomic E-state index is 0.219. The lowest BCUT2D eigenvalue weighted by molar-refractivity contribution is -0.687. The maximum Gasteiger partial charge on any atom is 0.268 e. The molecule has 0 saturated heterocycles. The van der Waals surface area contributed by atoms with E-state index in [0.29, 0.717) is 44.4 Å². The zero-order chi connectivity index (χ0) is 34.8. The number of aliphatic hydroxyl groups excluding tert-OH is 1. The van der Waals surface area contributed by atoms with Crippen molar-refractivity contribution in [2.45, 2.75) is 45.9 Å². The van der Waals surface area contributed by atoms with Crippen LogP contribution in [0.15, 0.2) is 61.1 Å². The summed E-state index contributed by atoms with van der Waals surface area (Å²) in [5.41, 5.74) is 3.65. The Balaban J connectivity index is 1.49. The fourth-order valence-corrected chi connectivity index (χ4v) is 5.69. The minimum Gasteiger partial charge on any atom is -0.756 e. The molecule has 254 valence electrons. The van der Waals surface area contributed by atoms with Gasteiger partial charge < -0.3 is 40.0 Å². The number of β-amino-alcohol motifs (C(OH)–C–C–N with tert-alkyl or cyclic N) is 1. The zero-order valence-corrected chi connectivity index (χ0v) is 28.7. The summed E-state index contributed by atoms with van der Waals surface area (Å²) in [5.74, 6) is 0.185. The number of pyridine rings is 2. The van der Waals surface area contributed by atoms with Crippen molar-refractivity contribution in [1.82, 2.24) is 15.3 Å². The number of methoxy groups -OCH3 is 1. The lowest BCUT2D eigenvalue weighted by atomic mass is 10.0. The maximum absolute atomic E-state index is 13.3. The van der Waals surface area contributed by atoms with E-state index >= 15 is 0 Å². The Morgan fingerprint density at radius 1 is 1.21 bits per heavy atom. The van der Waals surface area contributed by atoms with Crippen LogP contribution in [0, 0.1) is 6.92 Å². The number of halogens is 1. The zero-order valence-electron chi connectivity index (χ0n) is 27.0. The van der Waals surface area contributed by atoms with Crippen LogP contribution in [0.4, 0.5) is 5.69 Å². The molecule has 15 heteroatoms.